The van der Waals surface area contributed by atoms with Gasteiger partial charge in [0.1, 0.15) is 16.9 Å². The lowest BCUT2D eigenvalue weighted by atomic mass is 10.1. The monoisotopic (exact) mass is 417 g/mol. The van der Waals surface area contributed by atoms with Crippen molar-refractivity contribution in [1.29, 1.82) is 0 Å². The predicted octanol–water partition coefficient (Wildman–Crippen LogP) is 4.54. The van der Waals surface area contributed by atoms with Crippen LogP contribution in [0.2, 0.25) is 0 Å². The van der Waals surface area contributed by atoms with Gasteiger partial charge < -0.3 is 10.2 Å². The molecule has 1 unspecified atom stereocenters. The largest absolute Gasteiger partial charge is 0.507 e. The van der Waals surface area contributed by atoms with Crippen LogP contribution in [0, 0.1) is 0 Å². The van der Waals surface area contributed by atoms with E-state index in [9.17, 15) is 19.8 Å². The second-order valence-corrected chi connectivity index (χ2v) is 7.84. The molecule has 1 fully saturated rings. The number of carbonyl (C=O) groups excluding carboxylic acids is 2. The number of aliphatic hydroxyl groups excluding tert-OH is 1. The van der Waals surface area contributed by atoms with Crippen molar-refractivity contribution >= 4 is 34.9 Å². The molecule has 1 heterocycles. The number of hydrogen-bond donors (Lipinski definition) is 2. The number of ketones is 1. The number of carbonyl (C=O) groups is 2. The first-order chi connectivity index (χ1) is 14.6. The van der Waals surface area contributed by atoms with E-state index >= 15 is 0 Å². The smallest absolute Gasteiger partial charge is 0.300 e. The fraction of sp³-hybridized carbons (Fsp3) is 0.0833. The van der Waals surface area contributed by atoms with Gasteiger partial charge in [0.05, 0.1) is 11.3 Å². The van der Waals surface area contributed by atoms with Crippen LogP contribution >= 0.6 is 11.8 Å². The van der Waals surface area contributed by atoms with Gasteiger partial charge >= 0.3 is 5.91 Å². The highest BCUT2D eigenvalue weighted by atomic mass is 32.2. The van der Waals surface area contributed by atoms with E-state index in [1.165, 1.54) is 22.7 Å². The van der Waals surface area contributed by atoms with Crippen LogP contribution in [0.4, 0.5) is 5.69 Å². The number of Topliss-reactive ketones (excluding diaryl/α,β-unsaturated/α-hetero) is 1. The Hall–Kier alpha value is -3.51. The number of benzene rings is 3. The molecule has 0 radical (unpaired) electrons. The fourth-order valence-corrected chi connectivity index (χ4v) is 4.65. The minimum atomic E-state index is -0.779. The van der Waals surface area contributed by atoms with E-state index in [4.69, 9.17) is 0 Å². The highest BCUT2D eigenvalue weighted by Gasteiger charge is 2.47. The summed E-state index contributed by atoms with van der Waals surface area (Å²) < 4.78 is 0. The molecule has 30 heavy (non-hydrogen) atoms. The second-order valence-electron chi connectivity index (χ2n) is 6.77. The van der Waals surface area contributed by atoms with Crippen LogP contribution in [0.5, 0.6) is 5.75 Å². The average Bonchev–Trinajstić information content (AvgIpc) is 3.03. The van der Waals surface area contributed by atoms with Gasteiger partial charge in [-0.15, -0.1) is 11.8 Å². The van der Waals surface area contributed by atoms with Gasteiger partial charge in [0, 0.05) is 11.3 Å². The molecule has 1 aliphatic rings. The lowest BCUT2D eigenvalue weighted by Crippen LogP contribution is -2.32. The molecule has 2 N–H and O–H groups in total. The zero-order chi connectivity index (χ0) is 21.1. The van der Waals surface area contributed by atoms with Crippen LogP contribution < -0.4 is 4.90 Å². The van der Waals surface area contributed by atoms with Gasteiger partial charge in [-0.2, -0.15) is 0 Å². The van der Waals surface area contributed by atoms with Crippen molar-refractivity contribution in [3.05, 3.63) is 102 Å². The maximum absolute atomic E-state index is 12.9. The quantitative estimate of drug-likeness (QED) is 0.362. The molecule has 0 aromatic heterocycles. The van der Waals surface area contributed by atoms with E-state index in [0.29, 0.717) is 11.3 Å². The highest BCUT2D eigenvalue weighted by Crippen LogP contribution is 2.42. The molecule has 3 aromatic rings. The number of anilines is 1. The normalized spacial score (nSPS) is 18.0. The Morgan fingerprint density at radius 3 is 2.13 bits per heavy atom. The topological polar surface area (TPSA) is 77.8 Å². The summed E-state index contributed by atoms with van der Waals surface area (Å²) >= 11 is 1.34. The Bertz CT molecular complexity index is 1110. The number of nitrogens with zero attached hydrogens (tertiary/aromatic N) is 1. The van der Waals surface area contributed by atoms with Gasteiger partial charge in [-0.1, -0.05) is 72.8 Å². The molecular formula is C24H19NO4S. The van der Waals surface area contributed by atoms with Crippen molar-refractivity contribution in [2.45, 2.75) is 11.1 Å². The first-order valence-corrected chi connectivity index (χ1v) is 10.4. The number of amides is 1. The number of phenolic OH excluding ortho intramolecular Hbond substituents is 1. The molecule has 150 valence electrons. The van der Waals surface area contributed by atoms with Crippen molar-refractivity contribution in [1.82, 2.24) is 0 Å². The first kappa shape index (κ1) is 19.8. The summed E-state index contributed by atoms with van der Waals surface area (Å²) in [4.78, 5) is 27.1. The zero-order valence-electron chi connectivity index (χ0n) is 15.9. The van der Waals surface area contributed by atoms with Crippen LogP contribution in [0.15, 0.2) is 90.5 Å². The zero-order valence-corrected chi connectivity index (χ0v) is 16.8. The van der Waals surface area contributed by atoms with Crippen LogP contribution in [-0.4, -0.2) is 27.3 Å². The summed E-state index contributed by atoms with van der Waals surface area (Å²) in [7, 11) is 0. The van der Waals surface area contributed by atoms with E-state index in [1.807, 2.05) is 30.3 Å². The van der Waals surface area contributed by atoms with Crippen molar-refractivity contribution in [2.75, 3.05) is 4.90 Å². The third kappa shape index (κ3) is 3.69. The van der Waals surface area contributed by atoms with E-state index in [-0.39, 0.29) is 22.8 Å². The summed E-state index contributed by atoms with van der Waals surface area (Å²) in [5.74, 6) is -1.37. The molecule has 0 spiro atoms. The summed E-state index contributed by atoms with van der Waals surface area (Å²) in [6.45, 7) is 0. The van der Waals surface area contributed by atoms with Crippen LogP contribution in [0.1, 0.15) is 11.1 Å². The molecule has 1 aliphatic heterocycles. The summed E-state index contributed by atoms with van der Waals surface area (Å²) in [6, 6.07) is 24.7. The van der Waals surface area contributed by atoms with Crippen molar-refractivity contribution in [3.8, 4) is 5.75 Å². The number of para-hydroxylation sites is 2. The lowest BCUT2D eigenvalue weighted by Gasteiger charge is -2.25. The average molecular weight is 417 g/mol. The third-order valence-electron chi connectivity index (χ3n) is 4.83. The van der Waals surface area contributed by atoms with Crippen LogP contribution in [0.3, 0.4) is 0 Å². The van der Waals surface area contributed by atoms with Gasteiger partial charge in [-0.3, -0.25) is 14.5 Å². The van der Waals surface area contributed by atoms with Gasteiger partial charge in [0.2, 0.25) is 0 Å². The number of rotatable bonds is 5. The summed E-state index contributed by atoms with van der Waals surface area (Å²) in [6.07, 6.45) is 0. The maximum Gasteiger partial charge on any atom is 0.300 e. The Balaban J connectivity index is 1.80. The van der Waals surface area contributed by atoms with Gasteiger partial charge in [-0.05, 0) is 17.7 Å². The fourth-order valence-electron chi connectivity index (χ4n) is 3.36. The number of hydrogen-bond acceptors (Lipinski definition) is 5. The second kappa shape index (κ2) is 8.47. The summed E-state index contributed by atoms with van der Waals surface area (Å²) in [5, 5.41) is 20.5. The molecule has 0 saturated carbocycles. The number of aromatic hydroxyl groups is 1. The van der Waals surface area contributed by atoms with E-state index < -0.39 is 17.1 Å². The molecular weight excluding hydrogens is 398 g/mol. The van der Waals surface area contributed by atoms with Crippen molar-refractivity contribution in [2.24, 2.45) is 0 Å². The van der Waals surface area contributed by atoms with E-state index in [2.05, 4.69) is 0 Å². The van der Waals surface area contributed by atoms with Gasteiger partial charge in [-0.25, -0.2) is 0 Å². The molecule has 1 amide bonds. The first-order valence-electron chi connectivity index (χ1n) is 9.38. The Morgan fingerprint density at radius 1 is 0.867 bits per heavy atom. The number of phenols is 1. The predicted molar refractivity (Wildman–Crippen MR) is 118 cm³/mol. The highest BCUT2D eigenvalue weighted by molar-refractivity contribution is 7.99. The van der Waals surface area contributed by atoms with Gasteiger partial charge in [0.15, 0.2) is 0 Å². The molecule has 0 bridgehead atoms. The third-order valence-corrected chi connectivity index (χ3v) is 6.10. The standard InChI is InChI=1S/C24H19NO4S/c26-19-14-8-7-13-18(19)25-23(29)22(28)20(21(27)17-11-5-2-6-12-17)24(25)30-15-16-9-3-1-4-10-16/h1-14,24,26-27H,15H2/b21-20+. The number of aliphatic hydroxyl groups is 1. The van der Waals surface area contributed by atoms with Crippen molar-refractivity contribution in [3.63, 3.8) is 0 Å². The minimum absolute atomic E-state index is 0.0235. The van der Waals surface area contributed by atoms with Gasteiger partial charge in [0.25, 0.3) is 5.78 Å². The molecule has 1 atom stereocenters. The lowest BCUT2D eigenvalue weighted by molar-refractivity contribution is -0.132. The summed E-state index contributed by atoms with van der Waals surface area (Å²) in [5.41, 5.74) is 1.73. The van der Waals surface area contributed by atoms with Crippen LogP contribution in [-0.2, 0) is 15.3 Å². The SMILES string of the molecule is O=C1C(=O)N(c2ccccc2O)C(SCc2ccccc2)/C1=C(/O)c1ccccc1. The molecule has 5 nitrogen and oxygen atoms in total. The molecule has 0 aliphatic carbocycles. The molecule has 3 aromatic carbocycles. The van der Waals surface area contributed by atoms with E-state index in [1.54, 1.807) is 48.5 Å². The Labute approximate surface area is 178 Å². The Kier molecular flexibility index (Phi) is 5.59. The minimum Gasteiger partial charge on any atom is -0.507 e. The van der Waals surface area contributed by atoms with Crippen molar-refractivity contribution < 1.29 is 19.8 Å². The Morgan fingerprint density at radius 2 is 1.47 bits per heavy atom. The molecule has 4 rings (SSSR count). The molecule has 6 heteroatoms. The molecule has 1 saturated heterocycles. The van der Waals surface area contributed by atoms with E-state index in [0.717, 1.165) is 5.56 Å². The number of thioether (sulfide) groups is 1. The maximum atomic E-state index is 12.9. The van der Waals surface area contributed by atoms with Crippen LogP contribution in [0.25, 0.3) is 5.76 Å².